The fourth-order valence-electron chi connectivity index (χ4n) is 2.11. The predicted octanol–water partition coefficient (Wildman–Crippen LogP) is 2.74. The first kappa shape index (κ1) is 11.0. The summed E-state index contributed by atoms with van der Waals surface area (Å²) in [5.74, 6) is 2.20. The van der Waals surface area contributed by atoms with E-state index >= 15 is 0 Å². The molecule has 0 bridgehead atoms. The number of hydrogen-bond acceptors (Lipinski definition) is 3. The fourth-order valence-corrected chi connectivity index (χ4v) is 2.11. The number of ether oxygens (including phenoxy) is 2. The molecule has 0 aromatic heterocycles. The maximum Gasteiger partial charge on any atom is 0.231 e. The maximum atomic E-state index is 10.7. The van der Waals surface area contributed by atoms with Crippen molar-refractivity contribution in [2.45, 2.75) is 26.2 Å². The number of rotatable bonds is 4. The molecule has 16 heavy (non-hydrogen) atoms. The molecule has 0 aliphatic carbocycles. The summed E-state index contributed by atoms with van der Waals surface area (Å²) in [6.07, 6.45) is 1.50. The standard InChI is InChI=1S/C13H16O3/c1-9(2)10(6-7-14)11-4-3-5-12-13(11)16-8-15-12/h3-5,7,9-10H,6,8H2,1-2H3. The van der Waals surface area contributed by atoms with E-state index in [-0.39, 0.29) is 12.7 Å². The molecule has 1 aromatic carbocycles. The van der Waals surface area contributed by atoms with E-state index in [1.54, 1.807) is 0 Å². The summed E-state index contributed by atoms with van der Waals surface area (Å²) in [5.41, 5.74) is 1.08. The molecule has 1 heterocycles. The molecule has 0 spiro atoms. The fraction of sp³-hybridized carbons (Fsp3) is 0.462. The Kier molecular flexibility index (Phi) is 3.13. The molecule has 3 nitrogen and oxygen atoms in total. The second-order valence-corrected chi connectivity index (χ2v) is 4.33. The molecule has 0 amide bonds. The third kappa shape index (κ3) is 1.90. The van der Waals surface area contributed by atoms with Crippen molar-refractivity contribution in [3.8, 4) is 11.5 Å². The van der Waals surface area contributed by atoms with Gasteiger partial charge in [-0.05, 0) is 17.9 Å². The molecule has 86 valence electrons. The van der Waals surface area contributed by atoms with Crippen LogP contribution in [0.1, 0.15) is 31.7 Å². The van der Waals surface area contributed by atoms with E-state index in [9.17, 15) is 4.79 Å². The lowest BCUT2D eigenvalue weighted by Crippen LogP contribution is -2.08. The third-order valence-corrected chi connectivity index (χ3v) is 2.98. The highest BCUT2D eigenvalue weighted by molar-refractivity contribution is 5.56. The Hall–Kier alpha value is -1.51. The molecule has 2 rings (SSSR count). The van der Waals surface area contributed by atoms with Crippen LogP contribution in [0.15, 0.2) is 18.2 Å². The number of para-hydroxylation sites is 1. The molecule has 3 heteroatoms. The first-order valence-electron chi connectivity index (χ1n) is 5.56. The highest BCUT2D eigenvalue weighted by Gasteiger charge is 2.24. The van der Waals surface area contributed by atoms with Gasteiger partial charge in [0, 0.05) is 12.0 Å². The second kappa shape index (κ2) is 4.56. The number of benzene rings is 1. The topological polar surface area (TPSA) is 35.5 Å². The molecule has 1 aliphatic rings. The zero-order valence-corrected chi connectivity index (χ0v) is 9.60. The Balaban J connectivity index is 2.37. The van der Waals surface area contributed by atoms with Crippen molar-refractivity contribution in [1.82, 2.24) is 0 Å². The lowest BCUT2D eigenvalue weighted by molar-refractivity contribution is -0.108. The van der Waals surface area contributed by atoms with Gasteiger partial charge in [-0.15, -0.1) is 0 Å². The average molecular weight is 220 g/mol. The Bertz CT molecular complexity index is 385. The zero-order chi connectivity index (χ0) is 11.5. The monoisotopic (exact) mass is 220 g/mol. The van der Waals surface area contributed by atoms with Gasteiger partial charge in [0.1, 0.15) is 6.29 Å². The molecule has 0 saturated heterocycles. The van der Waals surface area contributed by atoms with Gasteiger partial charge >= 0.3 is 0 Å². The largest absolute Gasteiger partial charge is 0.454 e. The first-order valence-corrected chi connectivity index (χ1v) is 5.56. The van der Waals surface area contributed by atoms with Gasteiger partial charge in [-0.1, -0.05) is 26.0 Å². The molecule has 1 atom stereocenters. The van der Waals surface area contributed by atoms with Crippen LogP contribution in [0.25, 0.3) is 0 Å². The summed E-state index contributed by atoms with van der Waals surface area (Å²) in [4.78, 5) is 10.7. The van der Waals surface area contributed by atoms with Crippen molar-refractivity contribution in [3.05, 3.63) is 23.8 Å². The van der Waals surface area contributed by atoms with Crippen LogP contribution in [0, 0.1) is 5.92 Å². The van der Waals surface area contributed by atoms with Gasteiger partial charge in [-0.3, -0.25) is 0 Å². The van der Waals surface area contributed by atoms with Crippen molar-refractivity contribution in [2.75, 3.05) is 6.79 Å². The quantitative estimate of drug-likeness (QED) is 0.732. The van der Waals surface area contributed by atoms with Crippen molar-refractivity contribution in [3.63, 3.8) is 0 Å². The van der Waals surface area contributed by atoms with Crippen LogP contribution in [0.4, 0.5) is 0 Å². The van der Waals surface area contributed by atoms with Crippen LogP contribution in [0.3, 0.4) is 0 Å². The van der Waals surface area contributed by atoms with Gasteiger partial charge in [-0.25, -0.2) is 0 Å². The van der Waals surface area contributed by atoms with Gasteiger partial charge in [-0.2, -0.15) is 0 Å². The van der Waals surface area contributed by atoms with Crippen molar-refractivity contribution in [2.24, 2.45) is 5.92 Å². The molecule has 0 saturated carbocycles. The van der Waals surface area contributed by atoms with E-state index in [1.165, 1.54) is 0 Å². The van der Waals surface area contributed by atoms with Crippen molar-refractivity contribution >= 4 is 6.29 Å². The van der Waals surface area contributed by atoms with Crippen LogP contribution in [0.5, 0.6) is 11.5 Å². The summed E-state index contributed by atoms with van der Waals surface area (Å²) in [5, 5.41) is 0. The first-order chi connectivity index (χ1) is 7.74. The van der Waals surface area contributed by atoms with Gasteiger partial charge in [0.25, 0.3) is 0 Å². The van der Waals surface area contributed by atoms with Crippen LogP contribution in [-0.4, -0.2) is 13.1 Å². The number of fused-ring (bicyclic) bond motifs is 1. The minimum atomic E-state index is 0.203. The maximum absolute atomic E-state index is 10.7. The SMILES string of the molecule is CC(C)C(CC=O)c1cccc2c1OCO2. The van der Waals surface area contributed by atoms with Crippen LogP contribution < -0.4 is 9.47 Å². The molecule has 1 aromatic rings. The molecule has 0 N–H and O–H groups in total. The lowest BCUT2D eigenvalue weighted by Gasteiger charge is -2.20. The zero-order valence-electron chi connectivity index (χ0n) is 9.60. The average Bonchev–Trinajstić information content (AvgIpc) is 2.73. The smallest absolute Gasteiger partial charge is 0.231 e. The van der Waals surface area contributed by atoms with Gasteiger partial charge in [0.15, 0.2) is 11.5 Å². The summed E-state index contributed by atoms with van der Waals surface area (Å²) in [6, 6.07) is 5.86. The van der Waals surface area contributed by atoms with Gasteiger partial charge < -0.3 is 14.3 Å². The summed E-state index contributed by atoms with van der Waals surface area (Å²) < 4.78 is 10.8. The highest BCUT2D eigenvalue weighted by atomic mass is 16.7. The Morgan fingerprint density at radius 1 is 1.38 bits per heavy atom. The van der Waals surface area contributed by atoms with Gasteiger partial charge in [0.05, 0.1) is 0 Å². The molecular formula is C13H16O3. The second-order valence-electron chi connectivity index (χ2n) is 4.33. The van der Waals surface area contributed by atoms with Crippen molar-refractivity contribution in [1.29, 1.82) is 0 Å². The van der Waals surface area contributed by atoms with E-state index < -0.39 is 0 Å². The molecule has 1 unspecified atom stereocenters. The van der Waals surface area contributed by atoms with Crippen molar-refractivity contribution < 1.29 is 14.3 Å². The number of carbonyl (C=O) groups excluding carboxylic acids is 1. The summed E-state index contributed by atoms with van der Waals surface area (Å²) in [6.45, 7) is 4.50. The number of aldehydes is 1. The van der Waals surface area contributed by atoms with E-state index in [2.05, 4.69) is 13.8 Å². The number of carbonyl (C=O) groups is 1. The van der Waals surface area contributed by atoms with E-state index in [4.69, 9.17) is 9.47 Å². The van der Waals surface area contributed by atoms with E-state index in [0.717, 1.165) is 23.3 Å². The normalized spacial score (nSPS) is 15.2. The van der Waals surface area contributed by atoms with Crippen LogP contribution >= 0.6 is 0 Å². The number of hydrogen-bond donors (Lipinski definition) is 0. The molecule has 0 fully saturated rings. The Morgan fingerprint density at radius 3 is 2.88 bits per heavy atom. The molecule has 0 radical (unpaired) electrons. The summed E-state index contributed by atoms with van der Waals surface area (Å²) >= 11 is 0. The minimum absolute atomic E-state index is 0.203. The molecule has 1 aliphatic heterocycles. The predicted molar refractivity (Wildman–Crippen MR) is 60.8 cm³/mol. The van der Waals surface area contributed by atoms with E-state index in [0.29, 0.717) is 12.3 Å². The molecular weight excluding hydrogens is 204 g/mol. The minimum Gasteiger partial charge on any atom is -0.454 e. The summed E-state index contributed by atoms with van der Waals surface area (Å²) in [7, 11) is 0. The Morgan fingerprint density at radius 2 is 2.19 bits per heavy atom. The van der Waals surface area contributed by atoms with Crippen LogP contribution in [0.2, 0.25) is 0 Å². The van der Waals surface area contributed by atoms with Crippen LogP contribution in [-0.2, 0) is 4.79 Å². The van der Waals surface area contributed by atoms with E-state index in [1.807, 2.05) is 18.2 Å². The Labute approximate surface area is 95.4 Å². The third-order valence-electron chi connectivity index (χ3n) is 2.98. The lowest BCUT2D eigenvalue weighted by atomic mass is 9.85. The highest BCUT2D eigenvalue weighted by Crippen LogP contribution is 2.42. The van der Waals surface area contributed by atoms with Gasteiger partial charge in [0.2, 0.25) is 6.79 Å².